The maximum absolute atomic E-state index is 13.4. The summed E-state index contributed by atoms with van der Waals surface area (Å²) < 4.78 is 117. The molecule has 1 aromatic carbocycles. The summed E-state index contributed by atoms with van der Waals surface area (Å²) in [4.78, 5) is 11.9. The van der Waals surface area contributed by atoms with Crippen molar-refractivity contribution in [3.63, 3.8) is 0 Å². The van der Waals surface area contributed by atoms with Crippen molar-refractivity contribution >= 4 is 21.6 Å². The molecule has 6 nitrogen and oxygen atoms in total. The number of nitrogens with zero attached hydrogens (tertiary/aromatic N) is 1. The van der Waals surface area contributed by atoms with E-state index in [9.17, 15) is 43.9 Å². The molecule has 14 heteroatoms. The van der Waals surface area contributed by atoms with Crippen LogP contribution in [0.4, 0.5) is 36.4 Å². The number of benzene rings is 1. The van der Waals surface area contributed by atoms with Crippen LogP contribution in [-0.2, 0) is 23.2 Å². The Morgan fingerprint density at radius 2 is 1.71 bits per heavy atom. The molecule has 1 heterocycles. The summed E-state index contributed by atoms with van der Waals surface area (Å²) >= 11 is 0. The minimum absolute atomic E-state index is 0.236. The number of carbonyl (C=O) groups excluding carboxylic acids is 1. The number of carbonyl (C=O) groups is 1. The van der Waals surface area contributed by atoms with Gasteiger partial charge in [-0.15, -0.1) is 0 Å². The van der Waals surface area contributed by atoms with E-state index >= 15 is 0 Å². The van der Waals surface area contributed by atoms with Crippen LogP contribution in [0.3, 0.4) is 0 Å². The van der Waals surface area contributed by atoms with E-state index in [0.29, 0.717) is 19.1 Å². The number of rotatable bonds is 5. The van der Waals surface area contributed by atoms with Gasteiger partial charge in [0.25, 0.3) is 5.91 Å². The Labute approximate surface area is 172 Å². The van der Waals surface area contributed by atoms with Crippen LogP contribution >= 0.6 is 0 Å². The van der Waals surface area contributed by atoms with Crippen LogP contribution in [0.5, 0.6) is 0 Å². The Kier molecular flexibility index (Phi) is 6.48. The highest BCUT2D eigenvalue weighted by atomic mass is 32.2. The van der Waals surface area contributed by atoms with E-state index in [1.165, 1.54) is 11.8 Å². The third kappa shape index (κ3) is 5.36. The summed E-state index contributed by atoms with van der Waals surface area (Å²) in [5.41, 5.74) is -2.62. The van der Waals surface area contributed by atoms with E-state index < -0.39 is 56.3 Å². The minimum Gasteiger partial charge on any atom is -0.345 e. The van der Waals surface area contributed by atoms with Gasteiger partial charge in [-0.1, -0.05) is 0 Å². The topological polar surface area (TPSA) is 80.2 Å². The van der Waals surface area contributed by atoms with Crippen molar-refractivity contribution in [1.29, 1.82) is 0 Å². The molecule has 0 aliphatic heterocycles. The first-order valence-corrected chi connectivity index (χ1v) is 9.86. The Morgan fingerprint density at radius 1 is 1.13 bits per heavy atom. The third-order valence-electron chi connectivity index (χ3n) is 4.25. The van der Waals surface area contributed by atoms with Gasteiger partial charge in [0.1, 0.15) is 22.4 Å². The van der Waals surface area contributed by atoms with Crippen LogP contribution in [0.1, 0.15) is 28.5 Å². The number of sulfonamides is 1. The molecule has 172 valence electrons. The normalized spacial score (nSPS) is 13.9. The van der Waals surface area contributed by atoms with Crippen LogP contribution in [0.15, 0.2) is 29.3 Å². The molecule has 1 atom stereocenters. The lowest BCUT2D eigenvalue weighted by molar-refractivity contribution is -0.147. The second kappa shape index (κ2) is 8.15. The summed E-state index contributed by atoms with van der Waals surface area (Å²) in [5.74, 6) is -2.61. The minimum atomic E-state index is -5.02. The number of halogens is 7. The average Bonchev–Trinajstić information content (AvgIpc) is 2.89. The summed E-state index contributed by atoms with van der Waals surface area (Å²) in [7, 11) is -3.46. The van der Waals surface area contributed by atoms with Crippen LogP contribution < -0.4 is 10.0 Å². The molecule has 0 aliphatic carbocycles. The number of aryl methyl sites for hydroxylation is 1. The number of alkyl halides is 6. The first kappa shape index (κ1) is 24.7. The van der Waals surface area contributed by atoms with Crippen LogP contribution in [0, 0.1) is 12.7 Å². The molecule has 0 bridgehead atoms. The molecule has 2 rings (SSSR count). The fourth-order valence-corrected chi connectivity index (χ4v) is 4.22. The average molecular weight is 475 g/mol. The maximum atomic E-state index is 13.4. The first-order valence-electron chi connectivity index (χ1n) is 8.38. The SMILES string of the molecule is Cc1c(S(=O)(=O)NC(C)C(F)(F)F)cn(C)c1C(=O)Nc1ccc(F)c(C(F)(F)F)c1. The van der Waals surface area contributed by atoms with Gasteiger partial charge in [-0.05, 0) is 37.6 Å². The molecule has 1 aromatic heterocycles. The van der Waals surface area contributed by atoms with Gasteiger partial charge in [-0.2, -0.15) is 31.1 Å². The Balaban J connectivity index is 2.37. The van der Waals surface area contributed by atoms with Gasteiger partial charge < -0.3 is 9.88 Å². The largest absolute Gasteiger partial charge is 0.419 e. The number of aromatic nitrogens is 1. The number of hydrogen-bond acceptors (Lipinski definition) is 3. The molecule has 0 aliphatic rings. The van der Waals surface area contributed by atoms with Gasteiger partial charge in [0.2, 0.25) is 10.0 Å². The lowest BCUT2D eigenvalue weighted by Crippen LogP contribution is -2.43. The maximum Gasteiger partial charge on any atom is 0.419 e. The van der Waals surface area contributed by atoms with Gasteiger partial charge in [0.05, 0.1) is 5.56 Å². The van der Waals surface area contributed by atoms with Crippen molar-refractivity contribution in [1.82, 2.24) is 9.29 Å². The van der Waals surface area contributed by atoms with Crippen molar-refractivity contribution in [3.8, 4) is 0 Å². The van der Waals surface area contributed by atoms with Crippen LogP contribution in [0.2, 0.25) is 0 Å². The molecule has 31 heavy (non-hydrogen) atoms. The zero-order valence-electron chi connectivity index (χ0n) is 16.1. The van der Waals surface area contributed by atoms with Crippen molar-refractivity contribution in [3.05, 3.63) is 47.0 Å². The van der Waals surface area contributed by atoms with Crippen LogP contribution in [-0.4, -0.2) is 31.1 Å². The van der Waals surface area contributed by atoms with Crippen molar-refractivity contribution in [2.24, 2.45) is 7.05 Å². The summed E-state index contributed by atoms with van der Waals surface area (Å²) in [6.07, 6.45) is -8.98. The molecule has 0 saturated carbocycles. The summed E-state index contributed by atoms with van der Waals surface area (Å²) in [5, 5.41) is 2.09. The second-order valence-corrected chi connectivity index (χ2v) is 8.29. The number of anilines is 1. The van der Waals surface area contributed by atoms with E-state index in [1.807, 2.05) is 0 Å². The summed E-state index contributed by atoms with van der Waals surface area (Å²) in [6.45, 7) is 1.74. The van der Waals surface area contributed by atoms with E-state index in [4.69, 9.17) is 0 Å². The third-order valence-corrected chi connectivity index (χ3v) is 5.90. The lowest BCUT2D eigenvalue weighted by Gasteiger charge is -2.17. The molecule has 0 spiro atoms. The standard InChI is InChI=1S/C17H16F7N3O3S/c1-8-13(31(29,30)26-9(2)16(19,20)21)7-27(3)14(8)15(28)25-10-4-5-12(18)11(6-10)17(22,23)24/h4-7,9,26H,1-3H3,(H,25,28). The molecular formula is C17H16F7N3O3S. The van der Waals surface area contributed by atoms with Crippen molar-refractivity contribution in [2.45, 2.75) is 37.1 Å². The smallest absolute Gasteiger partial charge is 0.345 e. The Hall–Kier alpha value is -2.61. The Morgan fingerprint density at radius 3 is 2.23 bits per heavy atom. The fraction of sp³-hybridized carbons (Fsp3) is 0.353. The fourth-order valence-electron chi connectivity index (χ4n) is 2.69. The molecule has 2 N–H and O–H groups in total. The highest BCUT2D eigenvalue weighted by molar-refractivity contribution is 7.89. The summed E-state index contributed by atoms with van der Waals surface area (Å²) in [6, 6.07) is -0.690. The van der Waals surface area contributed by atoms with Crippen molar-refractivity contribution < 1.29 is 43.9 Å². The van der Waals surface area contributed by atoms with Gasteiger partial charge in [-0.25, -0.2) is 12.8 Å². The van der Waals surface area contributed by atoms with Gasteiger partial charge in [0.15, 0.2) is 0 Å². The van der Waals surface area contributed by atoms with Crippen molar-refractivity contribution in [2.75, 3.05) is 5.32 Å². The highest BCUT2D eigenvalue weighted by Crippen LogP contribution is 2.33. The Bertz CT molecular complexity index is 1110. The quantitative estimate of drug-likeness (QED) is 0.643. The predicted octanol–water partition coefficient (Wildman–Crippen LogP) is 3.97. The lowest BCUT2D eigenvalue weighted by atomic mass is 10.1. The monoisotopic (exact) mass is 475 g/mol. The van der Waals surface area contributed by atoms with E-state index in [-0.39, 0.29) is 11.3 Å². The number of amides is 1. The van der Waals surface area contributed by atoms with Crippen LogP contribution in [0.25, 0.3) is 0 Å². The van der Waals surface area contributed by atoms with Gasteiger partial charge in [-0.3, -0.25) is 4.79 Å². The highest BCUT2D eigenvalue weighted by Gasteiger charge is 2.40. The van der Waals surface area contributed by atoms with E-state index in [1.54, 1.807) is 0 Å². The molecule has 0 fully saturated rings. The zero-order valence-corrected chi connectivity index (χ0v) is 16.9. The van der Waals surface area contributed by atoms with Gasteiger partial charge in [0, 0.05) is 18.9 Å². The van der Waals surface area contributed by atoms with E-state index in [2.05, 4.69) is 5.32 Å². The zero-order chi connectivity index (χ0) is 23.9. The number of hydrogen-bond donors (Lipinski definition) is 2. The molecule has 2 aromatic rings. The molecule has 0 radical (unpaired) electrons. The second-order valence-electron chi connectivity index (χ2n) is 6.61. The molecule has 1 unspecified atom stereocenters. The molecule has 1 amide bonds. The molecule has 0 saturated heterocycles. The number of nitrogens with one attached hydrogen (secondary N) is 2. The van der Waals surface area contributed by atoms with E-state index in [0.717, 1.165) is 23.8 Å². The molecular weight excluding hydrogens is 459 g/mol. The first-order chi connectivity index (χ1) is 13.9. The van der Waals surface area contributed by atoms with Gasteiger partial charge >= 0.3 is 12.4 Å². The predicted molar refractivity (Wildman–Crippen MR) is 95.3 cm³/mol.